The van der Waals surface area contributed by atoms with Gasteiger partial charge in [0.2, 0.25) is 5.91 Å². The second-order valence-corrected chi connectivity index (χ2v) is 5.65. The minimum atomic E-state index is -0.794. The molecule has 1 aliphatic rings. The molecule has 1 fully saturated rings. The lowest BCUT2D eigenvalue weighted by Gasteiger charge is -2.26. The molecule has 0 atom stereocenters. The van der Waals surface area contributed by atoms with Gasteiger partial charge >= 0.3 is 5.97 Å². The Morgan fingerprint density at radius 2 is 1.79 bits per heavy atom. The number of rotatable bonds is 9. The molecule has 19 heavy (non-hydrogen) atoms. The number of nitrogens with one attached hydrogen (secondary N) is 1. The molecule has 1 aliphatic carbocycles. The van der Waals surface area contributed by atoms with E-state index in [1.54, 1.807) is 0 Å². The Kier molecular flexibility index (Phi) is 6.84. The second-order valence-electron chi connectivity index (χ2n) is 5.65. The number of nitrogens with two attached hydrogens (primary N) is 1. The molecule has 1 amide bonds. The van der Waals surface area contributed by atoms with Crippen molar-refractivity contribution in [1.82, 2.24) is 5.32 Å². The van der Waals surface area contributed by atoms with E-state index in [9.17, 15) is 9.59 Å². The third-order valence-corrected chi connectivity index (χ3v) is 3.93. The van der Waals surface area contributed by atoms with Gasteiger partial charge in [0, 0.05) is 13.0 Å². The molecule has 0 heterocycles. The van der Waals surface area contributed by atoms with Gasteiger partial charge in [0.25, 0.3) is 0 Å². The predicted molar refractivity (Wildman–Crippen MR) is 73.7 cm³/mol. The molecular weight excluding hydrogens is 244 g/mol. The fourth-order valence-electron chi connectivity index (χ4n) is 2.94. The molecule has 0 aromatic carbocycles. The summed E-state index contributed by atoms with van der Waals surface area (Å²) in [6.07, 6.45) is 7.22. The van der Waals surface area contributed by atoms with Crippen LogP contribution in [0.4, 0.5) is 0 Å². The molecule has 0 aliphatic heterocycles. The van der Waals surface area contributed by atoms with E-state index in [1.165, 1.54) is 0 Å². The van der Waals surface area contributed by atoms with Crippen LogP contribution in [0.15, 0.2) is 0 Å². The molecule has 0 bridgehead atoms. The molecule has 0 saturated heterocycles. The van der Waals surface area contributed by atoms with Crippen LogP contribution < -0.4 is 11.1 Å². The molecule has 1 rings (SSSR count). The third kappa shape index (κ3) is 6.05. The average molecular weight is 270 g/mol. The highest BCUT2D eigenvalue weighted by Gasteiger charge is 2.37. The zero-order valence-electron chi connectivity index (χ0n) is 11.6. The van der Waals surface area contributed by atoms with Crippen LogP contribution in [0.2, 0.25) is 0 Å². The van der Waals surface area contributed by atoms with E-state index in [0.29, 0.717) is 19.5 Å². The number of carboxylic acid groups (broad SMARTS) is 1. The van der Waals surface area contributed by atoms with Crippen molar-refractivity contribution in [2.45, 2.75) is 57.8 Å². The average Bonchev–Trinajstić information content (AvgIpc) is 2.76. The van der Waals surface area contributed by atoms with Crippen LogP contribution in [0.3, 0.4) is 0 Å². The summed E-state index contributed by atoms with van der Waals surface area (Å²) in [5.74, 6) is -0.798. The molecule has 5 nitrogen and oxygen atoms in total. The zero-order chi connectivity index (χ0) is 14.1. The molecule has 0 radical (unpaired) electrons. The monoisotopic (exact) mass is 270 g/mol. The number of carbonyl (C=O) groups excluding carboxylic acids is 1. The quantitative estimate of drug-likeness (QED) is 0.555. The molecule has 5 heteroatoms. The predicted octanol–water partition coefficient (Wildman–Crippen LogP) is 1.66. The summed E-state index contributed by atoms with van der Waals surface area (Å²) in [4.78, 5) is 22.8. The summed E-state index contributed by atoms with van der Waals surface area (Å²) in [5, 5.41) is 11.9. The maximum atomic E-state index is 11.9. The van der Waals surface area contributed by atoms with Crippen LogP contribution in [0.25, 0.3) is 0 Å². The molecular formula is C14H26N2O3. The van der Waals surface area contributed by atoms with Crippen LogP contribution in [0.1, 0.15) is 57.8 Å². The number of hydrogen-bond acceptors (Lipinski definition) is 3. The van der Waals surface area contributed by atoms with Gasteiger partial charge in [-0.2, -0.15) is 0 Å². The molecule has 1 saturated carbocycles. The van der Waals surface area contributed by atoms with Crippen molar-refractivity contribution in [3.63, 3.8) is 0 Å². The lowest BCUT2D eigenvalue weighted by molar-refractivity contribution is -0.140. The first-order chi connectivity index (χ1) is 9.08. The van der Waals surface area contributed by atoms with Crippen molar-refractivity contribution >= 4 is 11.9 Å². The Balaban J connectivity index is 2.29. The highest BCUT2D eigenvalue weighted by Crippen LogP contribution is 2.43. The van der Waals surface area contributed by atoms with Gasteiger partial charge in [-0.3, -0.25) is 9.59 Å². The Morgan fingerprint density at radius 1 is 1.11 bits per heavy atom. The molecule has 0 aromatic rings. The van der Waals surface area contributed by atoms with Crippen molar-refractivity contribution < 1.29 is 14.7 Å². The topological polar surface area (TPSA) is 92.4 Å². The lowest BCUT2D eigenvalue weighted by atomic mass is 9.79. The van der Waals surface area contributed by atoms with Crippen molar-refractivity contribution in [2.24, 2.45) is 11.1 Å². The molecule has 0 spiro atoms. The van der Waals surface area contributed by atoms with Gasteiger partial charge in [-0.1, -0.05) is 19.3 Å². The van der Waals surface area contributed by atoms with Crippen LogP contribution in [0.5, 0.6) is 0 Å². The smallest absolute Gasteiger partial charge is 0.303 e. The minimum Gasteiger partial charge on any atom is -0.481 e. The van der Waals surface area contributed by atoms with Gasteiger partial charge in [-0.05, 0) is 37.6 Å². The van der Waals surface area contributed by atoms with E-state index in [2.05, 4.69) is 5.32 Å². The van der Waals surface area contributed by atoms with E-state index in [4.69, 9.17) is 10.8 Å². The number of carbonyl (C=O) groups is 2. The van der Waals surface area contributed by atoms with Gasteiger partial charge in [0.15, 0.2) is 0 Å². The van der Waals surface area contributed by atoms with E-state index < -0.39 is 5.97 Å². The number of carboxylic acids is 1. The van der Waals surface area contributed by atoms with Gasteiger partial charge in [-0.25, -0.2) is 0 Å². The summed E-state index contributed by atoms with van der Waals surface area (Å²) < 4.78 is 0. The van der Waals surface area contributed by atoms with Gasteiger partial charge in [-0.15, -0.1) is 0 Å². The molecule has 0 unspecified atom stereocenters. The van der Waals surface area contributed by atoms with E-state index in [1.807, 2.05) is 0 Å². The van der Waals surface area contributed by atoms with Crippen LogP contribution in [-0.2, 0) is 9.59 Å². The summed E-state index contributed by atoms with van der Waals surface area (Å²) >= 11 is 0. The largest absolute Gasteiger partial charge is 0.481 e. The van der Waals surface area contributed by atoms with Gasteiger partial charge < -0.3 is 16.2 Å². The number of unbranched alkanes of at least 4 members (excludes halogenated alkanes) is 2. The summed E-state index contributed by atoms with van der Waals surface area (Å²) in [6.45, 7) is 1.36. The second kappa shape index (κ2) is 8.15. The van der Waals surface area contributed by atoms with E-state index in [0.717, 1.165) is 44.9 Å². The van der Waals surface area contributed by atoms with Crippen molar-refractivity contribution in [3.8, 4) is 0 Å². The number of hydrogen-bond donors (Lipinski definition) is 3. The first-order valence-electron chi connectivity index (χ1n) is 7.26. The number of aliphatic carboxylic acids is 1. The number of amides is 1. The Morgan fingerprint density at radius 3 is 2.37 bits per heavy atom. The van der Waals surface area contributed by atoms with Crippen molar-refractivity contribution in [1.29, 1.82) is 0 Å². The first-order valence-corrected chi connectivity index (χ1v) is 7.26. The van der Waals surface area contributed by atoms with Crippen LogP contribution >= 0.6 is 0 Å². The first kappa shape index (κ1) is 16.0. The van der Waals surface area contributed by atoms with E-state index >= 15 is 0 Å². The van der Waals surface area contributed by atoms with Gasteiger partial charge in [0.05, 0.1) is 6.42 Å². The van der Waals surface area contributed by atoms with E-state index in [-0.39, 0.29) is 17.7 Å². The van der Waals surface area contributed by atoms with Crippen molar-refractivity contribution in [2.75, 3.05) is 13.1 Å². The maximum Gasteiger partial charge on any atom is 0.303 e. The summed E-state index contributed by atoms with van der Waals surface area (Å²) in [5.41, 5.74) is 5.10. The van der Waals surface area contributed by atoms with Crippen LogP contribution in [-0.4, -0.2) is 30.1 Å². The van der Waals surface area contributed by atoms with Crippen LogP contribution in [0, 0.1) is 5.41 Å². The normalized spacial score (nSPS) is 17.3. The fraction of sp³-hybridized carbons (Fsp3) is 0.857. The van der Waals surface area contributed by atoms with Gasteiger partial charge in [0.1, 0.15) is 0 Å². The maximum absolute atomic E-state index is 11.9. The summed E-state index contributed by atoms with van der Waals surface area (Å²) in [6, 6.07) is 0. The highest BCUT2D eigenvalue weighted by atomic mass is 16.4. The Hall–Kier alpha value is -1.10. The lowest BCUT2D eigenvalue weighted by Crippen LogP contribution is -2.32. The SMILES string of the molecule is NCCCCCNC(=O)CC1(CC(=O)O)CCCC1. The third-order valence-electron chi connectivity index (χ3n) is 3.93. The standard InChI is InChI=1S/C14H26N2O3/c15-8-4-1-5-9-16-12(17)10-14(11-13(18)19)6-2-3-7-14/h1-11,15H2,(H,16,17)(H,18,19). The Bertz CT molecular complexity index is 299. The fourth-order valence-corrected chi connectivity index (χ4v) is 2.94. The molecule has 110 valence electrons. The minimum absolute atomic E-state index is 0.00380. The Labute approximate surface area is 114 Å². The molecule has 0 aromatic heterocycles. The zero-order valence-corrected chi connectivity index (χ0v) is 11.6. The molecule has 4 N–H and O–H groups in total. The van der Waals surface area contributed by atoms with Crippen molar-refractivity contribution in [3.05, 3.63) is 0 Å². The highest BCUT2D eigenvalue weighted by molar-refractivity contribution is 5.78. The summed E-state index contributed by atoms with van der Waals surface area (Å²) in [7, 11) is 0.